The first-order valence-electron chi connectivity index (χ1n) is 4.93. The van der Waals surface area contributed by atoms with Gasteiger partial charge in [0, 0.05) is 12.4 Å². The van der Waals surface area contributed by atoms with Gasteiger partial charge in [-0.25, -0.2) is 0 Å². The Morgan fingerprint density at radius 2 is 1.87 bits per heavy atom. The molecule has 15 heavy (non-hydrogen) atoms. The third-order valence-electron chi connectivity index (χ3n) is 1.54. The van der Waals surface area contributed by atoms with Gasteiger partial charge in [-0.15, -0.1) is 0 Å². The molecule has 0 aromatic carbocycles. The van der Waals surface area contributed by atoms with E-state index < -0.39 is 0 Å². The highest BCUT2D eigenvalue weighted by Gasteiger charge is 1.98. The zero-order valence-corrected chi connectivity index (χ0v) is 9.64. The Morgan fingerprint density at radius 3 is 2.33 bits per heavy atom. The second-order valence-corrected chi connectivity index (χ2v) is 2.68. The second-order valence-electron chi connectivity index (χ2n) is 2.68. The molecule has 0 N–H and O–H groups in total. The van der Waals surface area contributed by atoms with Gasteiger partial charge in [-0.05, 0) is 26.8 Å². The average Bonchev–Trinajstić information content (AvgIpc) is 2.26. The number of hydrogen-bond acceptors (Lipinski definition) is 2. The fourth-order valence-corrected chi connectivity index (χ4v) is 0.929. The highest BCUT2D eigenvalue weighted by molar-refractivity contribution is 6.09. The summed E-state index contributed by atoms with van der Waals surface area (Å²) >= 11 is 0. The maximum Gasteiger partial charge on any atom is 0.0879 e. The van der Waals surface area contributed by atoms with Crippen molar-refractivity contribution in [1.29, 1.82) is 0 Å². The van der Waals surface area contributed by atoms with E-state index in [1.807, 2.05) is 45.1 Å². The van der Waals surface area contributed by atoms with Crippen molar-refractivity contribution in [3.8, 4) is 0 Å². The van der Waals surface area contributed by atoms with Crippen LogP contribution in [-0.2, 0) is 0 Å². The summed E-state index contributed by atoms with van der Waals surface area (Å²) in [5.74, 6) is 0. The van der Waals surface area contributed by atoms with Crippen molar-refractivity contribution in [3.63, 3.8) is 0 Å². The Labute approximate surface area is 92.2 Å². The maximum atomic E-state index is 4.29. The third-order valence-corrected chi connectivity index (χ3v) is 1.54. The molecular weight excluding hydrogens is 184 g/mol. The normalized spacial score (nSPS) is 14.6. The summed E-state index contributed by atoms with van der Waals surface area (Å²) in [5.41, 5.74) is 1.68. The predicted molar refractivity (Wildman–Crippen MR) is 69.5 cm³/mol. The predicted octanol–water partition coefficient (Wildman–Crippen LogP) is 3.70. The van der Waals surface area contributed by atoms with Crippen LogP contribution < -0.4 is 0 Å². The molecule has 2 nitrogen and oxygen atoms in total. The van der Waals surface area contributed by atoms with Gasteiger partial charge >= 0.3 is 0 Å². The van der Waals surface area contributed by atoms with Crippen molar-refractivity contribution >= 4 is 11.9 Å². The Balaban J connectivity index is 5.04. The summed E-state index contributed by atoms with van der Waals surface area (Å²) in [7, 11) is 0. The Kier molecular flexibility index (Phi) is 7.87. The van der Waals surface area contributed by atoms with E-state index in [4.69, 9.17) is 0 Å². The zero-order valence-electron chi connectivity index (χ0n) is 9.64. The van der Waals surface area contributed by atoms with E-state index in [-0.39, 0.29) is 0 Å². The molecule has 0 radical (unpaired) electrons. The standard InChI is InChI=1S/C13H18N2/c1-5-9-13(15-11-7-3)12(8-4)14-10-6-2/h5-11H,2H2,1,3-4H3/b9-5-,11-7-,12-8-,14-10-,15-13-. The molecule has 0 amide bonds. The minimum Gasteiger partial charge on any atom is -0.255 e. The molecule has 0 unspecified atom stereocenters. The van der Waals surface area contributed by atoms with Gasteiger partial charge in [-0.3, -0.25) is 9.98 Å². The van der Waals surface area contributed by atoms with Crippen LogP contribution in [0.3, 0.4) is 0 Å². The third kappa shape index (κ3) is 5.57. The molecule has 0 spiro atoms. The molecule has 0 heterocycles. The summed E-state index contributed by atoms with van der Waals surface area (Å²) in [6.45, 7) is 9.40. The van der Waals surface area contributed by atoms with Crippen molar-refractivity contribution in [2.75, 3.05) is 0 Å². The molecular formula is C13H18N2. The van der Waals surface area contributed by atoms with Gasteiger partial charge in [-0.1, -0.05) is 30.9 Å². The van der Waals surface area contributed by atoms with E-state index in [2.05, 4.69) is 16.6 Å². The number of rotatable bonds is 5. The molecule has 0 saturated carbocycles. The van der Waals surface area contributed by atoms with Crippen LogP contribution in [0.4, 0.5) is 0 Å². The molecule has 2 heteroatoms. The van der Waals surface area contributed by atoms with E-state index in [0.717, 1.165) is 11.4 Å². The van der Waals surface area contributed by atoms with E-state index in [0.29, 0.717) is 0 Å². The molecule has 0 aromatic heterocycles. The second kappa shape index (κ2) is 8.88. The van der Waals surface area contributed by atoms with E-state index >= 15 is 0 Å². The largest absolute Gasteiger partial charge is 0.255 e. The lowest BCUT2D eigenvalue weighted by Crippen LogP contribution is -1.96. The van der Waals surface area contributed by atoms with Crippen molar-refractivity contribution in [2.45, 2.75) is 20.8 Å². The van der Waals surface area contributed by atoms with E-state index in [1.165, 1.54) is 0 Å². The Bertz CT molecular complexity index is 328. The summed E-state index contributed by atoms with van der Waals surface area (Å²) in [6.07, 6.45) is 12.7. The molecule has 0 saturated heterocycles. The minimum atomic E-state index is 0.839. The van der Waals surface area contributed by atoms with Gasteiger partial charge in [0.05, 0.1) is 11.4 Å². The van der Waals surface area contributed by atoms with E-state index in [9.17, 15) is 0 Å². The van der Waals surface area contributed by atoms with Gasteiger partial charge in [0.25, 0.3) is 0 Å². The number of hydrogen-bond donors (Lipinski definition) is 0. The SMILES string of the molecule is C=C\C=N/C(=C\C)C(/C=C\C)=N\C=C/C. The number of nitrogens with zero attached hydrogens (tertiary/aromatic N) is 2. The monoisotopic (exact) mass is 202 g/mol. The smallest absolute Gasteiger partial charge is 0.0879 e. The minimum absolute atomic E-state index is 0.839. The van der Waals surface area contributed by atoms with Crippen molar-refractivity contribution in [2.24, 2.45) is 9.98 Å². The van der Waals surface area contributed by atoms with Gasteiger partial charge in [0.1, 0.15) is 0 Å². The lowest BCUT2D eigenvalue weighted by molar-refractivity contribution is 1.40. The van der Waals surface area contributed by atoms with E-state index in [1.54, 1.807) is 18.5 Å². The summed E-state index contributed by atoms with van der Waals surface area (Å²) in [5, 5.41) is 0. The molecule has 0 aliphatic heterocycles. The molecule has 0 aliphatic rings. The Hall–Kier alpha value is -1.70. The van der Waals surface area contributed by atoms with Crippen LogP contribution in [-0.4, -0.2) is 11.9 Å². The van der Waals surface area contributed by atoms with Crippen LogP contribution >= 0.6 is 0 Å². The Morgan fingerprint density at radius 1 is 1.13 bits per heavy atom. The zero-order chi connectivity index (χ0) is 11.5. The quantitative estimate of drug-likeness (QED) is 0.607. The van der Waals surface area contributed by atoms with Crippen LogP contribution in [0.5, 0.6) is 0 Å². The van der Waals surface area contributed by atoms with Crippen LogP contribution in [0, 0.1) is 0 Å². The van der Waals surface area contributed by atoms with Crippen molar-refractivity contribution in [3.05, 3.63) is 48.9 Å². The molecule has 80 valence electrons. The number of aliphatic imine (C=N–C) groups is 2. The maximum absolute atomic E-state index is 4.29. The summed E-state index contributed by atoms with van der Waals surface area (Å²) in [6, 6.07) is 0. The molecule has 0 rings (SSSR count). The van der Waals surface area contributed by atoms with Crippen LogP contribution in [0.25, 0.3) is 0 Å². The lowest BCUT2D eigenvalue weighted by Gasteiger charge is -1.99. The molecule has 0 fully saturated rings. The number of allylic oxidation sites excluding steroid dienone is 5. The summed E-state index contributed by atoms with van der Waals surface area (Å²) < 4.78 is 0. The first-order valence-corrected chi connectivity index (χ1v) is 4.93. The van der Waals surface area contributed by atoms with Gasteiger partial charge in [-0.2, -0.15) is 0 Å². The van der Waals surface area contributed by atoms with Crippen molar-refractivity contribution in [1.82, 2.24) is 0 Å². The molecule has 0 atom stereocenters. The van der Waals surface area contributed by atoms with Crippen molar-refractivity contribution < 1.29 is 0 Å². The van der Waals surface area contributed by atoms with Gasteiger partial charge in [0.15, 0.2) is 0 Å². The van der Waals surface area contributed by atoms with Crippen LogP contribution in [0.15, 0.2) is 58.8 Å². The average molecular weight is 202 g/mol. The highest BCUT2D eigenvalue weighted by Crippen LogP contribution is 2.03. The van der Waals surface area contributed by atoms with Gasteiger partial charge < -0.3 is 0 Å². The fourth-order valence-electron chi connectivity index (χ4n) is 0.929. The lowest BCUT2D eigenvalue weighted by atomic mass is 10.2. The first-order chi connectivity index (χ1) is 7.29. The van der Waals surface area contributed by atoms with Gasteiger partial charge in [0.2, 0.25) is 0 Å². The van der Waals surface area contributed by atoms with Crippen LogP contribution in [0.1, 0.15) is 20.8 Å². The molecule has 0 bridgehead atoms. The highest BCUT2D eigenvalue weighted by atomic mass is 14.8. The summed E-state index contributed by atoms with van der Waals surface area (Å²) in [4.78, 5) is 8.52. The topological polar surface area (TPSA) is 24.7 Å². The first kappa shape index (κ1) is 13.3. The molecule has 0 aliphatic carbocycles. The fraction of sp³-hybridized carbons (Fsp3) is 0.231. The van der Waals surface area contributed by atoms with Crippen LogP contribution in [0.2, 0.25) is 0 Å². The molecule has 0 aromatic rings.